The molecule has 2 aliphatic rings. The summed E-state index contributed by atoms with van der Waals surface area (Å²) in [6.45, 7) is 0.393. The van der Waals surface area contributed by atoms with Crippen molar-refractivity contribution in [2.75, 3.05) is 13.9 Å². The number of cyclic esters (lactones) is 1. The summed E-state index contributed by atoms with van der Waals surface area (Å²) in [5.74, 6) is 1.32. The lowest BCUT2D eigenvalue weighted by Crippen LogP contribution is -1.99. The highest BCUT2D eigenvalue weighted by Crippen LogP contribution is 2.44. The molecule has 0 fully saturated rings. The summed E-state index contributed by atoms with van der Waals surface area (Å²) in [4.78, 5) is 12.4. The first-order valence-corrected chi connectivity index (χ1v) is 8.09. The lowest BCUT2D eigenvalue weighted by molar-refractivity contribution is 0.0535. The maximum absolute atomic E-state index is 12.4. The van der Waals surface area contributed by atoms with E-state index in [2.05, 4.69) is 0 Å². The molecule has 0 atom stereocenters. The number of rotatable bonds is 2. The quantitative estimate of drug-likeness (QED) is 0.712. The van der Waals surface area contributed by atoms with Crippen LogP contribution in [0, 0.1) is 0 Å². The third-order valence-electron chi connectivity index (χ3n) is 4.75. The van der Waals surface area contributed by atoms with Gasteiger partial charge in [-0.2, -0.15) is 0 Å². The molecule has 3 aromatic rings. The highest BCUT2D eigenvalue weighted by atomic mass is 16.7. The minimum absolute atomic E-state index is 0.0434. The third-order valence-corrected chi connectivity index (χ3v) is 4.75. The SMILES string of the molecule is COc1cc2c(-c3ccc4c(c3)OCO4)c3c(cc2cc1O)COC3=O. The normalized spacial score (nSPS) is 14.4. The number of fused-ring (bicyclic) bond motifs is 3. The van der Waals surface area contributed by atoms with Gasteiger partial charge in [-0.15, -0.1) is 0 Å². The first-order valence-electron chi connectivity index (χ1n) is 8.09. The average molecular weight is 350 g/mol. The molecule has 2 heterocycles. The Balaban J connectivity index is 1.87. The topological polar surface area (TPSA) is 74.2 Å². The molecule has 1 N–H and O–H groups in total. The molecule has 130 valence electrons. The first kappa shape index (κ1) is 14.9. The predicted molar refractivity (Wildman–Crippen MR) is 92.8 cm³/mol. The van der Waals surface area contributed by atoms with Crippen molar-refractivity contribution in [3.05, 3.63) is 47.5 Å². The molecule has 6 nitrogen and oxygen atoms in total. The van der Waals surface area contributed by atoms with Gasteiger partial charge in [0.15, 0.2) is 23.0 Å². The van der Waals surface area contributed by atoms with E-state index in [0.717, 1.165) is 27.5 Å². The first-order chi connectivity index (χ1) is 12.7. The molecule has 0 aliphatic carbocycles. The molecule has 0 radical (unpaired) electrons. The van der Waals surface area contributed by atoms with E-state index >= 15 is 0 Å². The minimum atomic E-state index is -0.360. The number of hydrogen-bond acceptors (Lipinski definition) is 6. The number of aromatic hydroxyl groups is 1. The number of esters is 1. The monoisotopic (exact) mass is 350 g/mol. The number of benzene rings is 3. The van der Waals surface area contributed by atoms with Crippen LogP contribution in [0.2, 0.25) is 0 Å². The molecule has 26 heavy (non-hydrogen) atoms. The van der Waals surface area contributed by atoms with Crippen molar-refractivity contribution in [3.63, 3.8) is 0 Å². The molecule has 5 rings (SSSR count). The van der Waals surface area contributed by atoms with Crippen molar-refractivity contribution in [2.24, 2.45) is 0 Å². The van der Waals surface area contributed by atoms with Crippen LogP contribution in [0.4, 0.5) is 0 Å². The Morgan fingerprint density at radius 1 is 1.00 bits per heavy atom. The van der Waals surface area contributed by atoms with Crippen LogP contribution < -0.4 is 14.2 Å². The minimum Gasteiger partial charge on any atom is -0.504 e. The summed E-state index contributed by atoms with van der Waals surface area (Å²) in [7, 11) is 1.49. The lowest BCUT2D eigenvalue weighted by Gasteiger charge is -2.14. The van der Waals surface area contributed by atoms with Gasteiger partial charge in [0.1, 0.15) is 6.61 Å². The van der Waals surface area contributed by atoms with E-state index in [-0.39, 0.29) is 25.1 Å². The van der Waals surface area contributed by atoms with Crippen molar-refractivity contribution in [2.45, 2.75) is 6.61 Å². The molecule has 0 amide bonds. The largest absolute Gasteiger partial charge is 0.504 e. The van der Waals surface area contributed by atoms with E-state index in [1.54, 1.807) is 12.1 Å². The van der Waals surface area contributed by atoms with E-state index in [0.29, 0.717) is 22.8 Å². The number of ether oxygens (including phenoxy) is 4. The lowest BCUT2D eigenvalue weighted by atomic mass is 9.90. The number of phenols is 1. The Hall–Kier alpha value is -3.41. The Bertz CT molecular complexity index is 1090. The van der Waals surface area contributed by atoms with E-state index < -0.39 is 0 Å². The summed E-state index contributed by atoms with van der Waals surface area (Å²) < 4.78 is 21.4. The van der Waals surface area contributed by atoms with Crippen molar-refractivity contribution in [3.8, 4) is 34.1 Å². The van der Waals surface area contributed by atoms with Crippen LogP contribution in [0.3, 0.4) is 0 Å². The van der Waals surface area contributed by atoms with Gasteiger partial charge in [-0.1, -0.05) is 6.07 Å². The molecule has 0 bridgehead atoms. The highest BCUT2D eigenvalue weighted by Gasteiger charge is 2.29. The van der Waals surface area contributed by atoms with Gasteiger partial charge in [-0.25, -0.2) is 4.79 Å². The Morgan fingerprint density at radius 2 is 1.85 bits per heavy atom. The second-order valence-electron chi connectivity index (χ2n) is 6.18. The summed E-state index contributed by atoms with van der Waals surface area (Å²) in [5, 5.41) is 11.7. The van der Waals surface area contributed by atoms with Crippen molar-refractivity contribution in [1.29, 1.82) is 0 Å². The molecule has 2 aliphatic heterocycles. The smallest absolute Gasteiger partial charge is 0.339 e. The molecule has 0 saturated heterocycles. The average Bonchev–Trinajstić information content (AvgIpc) is 3.25. The van der Waals surface area contributed by atoms with Gasteiger partial charge in [-0.3, -0.25) is 0 Å². The van der Waals surface area contributed by atoms with Crippen LogP contribution in [-0.4, -0.2) is 25.0 Å². The molecule has 0 spiro atoms. The van der Waals surface area contributed by atoms with Crippen molar-refractivity contribution < 1.29 is 28.8 Å². The number of carbonyl (C=O) groups excluding carboxylic acids is 1. The van der Waals surface area contributed by atoms with Gasteiger partial charge in [0.25, 0.3) is 0 Å². The zero-order valence-electron chi connectivity index (χ0n) is 13.9. The van der Waals surface area contributed by atoms with Crippen LogP contribution in [0.5, 0.6) is 23.0 Å². The maximum atomic E-state index is 12.4. The van der Waals surface area contributed by atoms with Gasteiger partial charge in [0, 0.05) is 11.1 Å². The standard InChI is InChI=1S/C20H14O6/c1-23-16-7-13-11(5-14(16)21)4-12-8-24-20(22)19(12)18(13)10-2-3-15-17(6-10)26-9-25-15/h2-7,21H,8-9H2,1H3. The predicted octanol–water partition coefficient (Wildman–Crippen LogP) is 3.62. The molecule has 0 unspecified atom stereocenters. The molecule has 0 saturated carbocycles. The Morgan fingerprint density at radius 3 is 2.69 bits per heavy atom. The fraction of sp³-hybridized carbons (Fsp3) is 0.150. The second kappa shape index (κ2) is 5.29. The summed E-state index contributed by atoms with van der Waals surface area (Å²) in [6, 6.07) is 10.8. The Kier molecular flexibility index (Phi) is 3.03. The highest BCUT2D eigenvalue weighted by molar-refractivity contribution is 6.11. The van der Waals surface area contributed by atoms with Gasteiger partial charge in [0.05, 0.1) is 12.7 Å². The molecule has 3 aromatic carbocycles. The number of phenolic OH excluding ortho intramolecular Hbond substituents is 1. The molecule has 6 heteroatoms. The van der Waals surface area contributed by atoms with Crippen LogP contribution in [0.1, 0.15) is 15.9 Å². The van der Waals surface area contributed by atoms with Crippen LogP contribution in [0.15, 0.2) is 36.4 Å². The van der Waals surface area contributed by atoms with Crippen LogP contribution in [-0.2, 0) is 11.3 Å². The summed E-state index contributed by atoms with van der Waals surface area (Å²) in [5.41, 5.74) is 2.86. The van der Waals surface area contributed by atoms with Gasteiger partial charge >= 0.3 is 5.97 Å². The molecular weight excluding hydrogens is 336 g/mol. The van der Waals surface area contributed by atoms with E-state index in [4.69, 9.17) is 18.9 Å². The number of hydrogen-bond donors (Lipinski definition) is 1. The van der Waals surface area contributed by atoms with Gasteiger partial charge in [-0.05, 0) is 46.7 Å². The van der Waals surface area contributed by atoms with Crippen molar-refractivity contribution >= 4 is 16.7 Å². The van der Waals surface area contributed by atoms with Crippen LogP contribution >= 0.6 is 0 Å². The van der Waals surface area contributed by atoms with Gasteiger partial charge < -0.3 is 24.1 Å². The van der Waals surface area contributed by atoms with E-state index in [1.807, 2.05) is 24.3 Å². The fourth-order valence-corrected chi connectivity index (χ4v) is 3.55. The number of methoxy groups -OCH3 is 1. The van der Waals surface area contributed by atoms with Crippen molar-refractivity contribution in [1.82, 2.24) is 0 Å². The maximum Gasteiger partial charge on any atom is 0.339 e. The molecular formula is C20H14O6. The zero-order chi connectivity index (χ0) is 17.8. The molecule has 0 aromatic heterocycles. The van der Waals surface area contributed by atoms with E-state index in [1.165, 1.54) is 7.11 Å². The number of carbonyl (C=O) groups is 1. The Labute approximate surface area is 148 Å². The summed E-state index contributed by atoms with van der Waals surface area (Å²) in [6.07, 6.45) is 0. The zero-order valence-corrected chi connectivity index (χ0v) is 13.9. The summed E-state index contributed by atoms with van der Waals surface area (Å²) >= 11 is 0. The van der Waals surface area contributed by atoms with Gasteiger partial charge in [0.2, 0.25) is 6.79 Å². The fourth-order valence-electron chi connectivity index (χ4n) is 3.55. The second-order valence-corrected chi connectivity index (χ2v) is 6.18. The van der Waals surface area contributed by atoms with E-state index in [9.17, 15) is 9.90 Å². The van der Waals surface area contributed by atoms with Crippen LogP contribution in [0.25, 0.3) is 21.9 Å². The third kappa shape index (κ3) is 2.02.